The molecule has 8 aromatic carbocycles. The van der Waals surface area contributed by atoms with Gasteiger partial charge >= 0.3 is 0 Å². The lowest BCUT2D eigenvalue weighted by molar-refractivity contribution is 1.58. The molecule has 42 heavy (non-hydrogen) atoms. The van der Waals surface area contributed by atoms with Crippen molar-refractivity contribution in [1.82, 2.24) is 0 Å². The molecule has 0 N–H and O–H groups in total. The van der Waals surface area contributed by atoms with Crippen molar-refractivity contribution >= 4 is 32.3 Å². The molecule has 0 heterocycles. The summed E-state index contributed by atoms with van der Waals surface area (Å²) in [7, 11) is 0. The first-order valence-electron chi connectivity index (χ1n) is 25.4. The zero-order valence-corrected chi connectivity index (χ0v) is 21.2. The highest BCUT2D eigenvalue weighted by atomic mass is 14.2. The van der Waals surface area contributed by atoms with Crippen LogP contribution in [0.5, 0.6) is 0 Å². The Balaban J connectivity index is 1.70. The van der Waals surface area contributed by atoms with Crippen LogP contribution in [0.1, 0.15) is 35.6 Å². The first kappa shape index (κ1) is 9.54. The van der Waals surface area contributed by atoms with Crippen LogP contribution in [0.25, 0.3) is 76.8 Å². The molecule has 0 unspecified atom stereocenters. The summed E-state index contributed by atoms with van der Waals surface area (Å²) >= 11 is 0. The maximum absolute atomic E-state index is 9.43. The first-order valence-corrected chi connectivity index (χ1v) is 12.4. The molecule has 8 rings (SSSR count). The van der Waals surface area contributed by atoms with Gasteiger partial charge in [0.05, 0.1) is 35.6 Å². The van der Waals surface area contributed by atoms with E-state index in [4.69, 9.17) is 24.7 Å². The van der Waals surface area contributed by atoms with Crippen LogP contribution >= 0.6 is 0 Å². The summed E-state index contributed by atoms with van der Waals surface area (Å²) in [6.07, 6.45) is 0. The van der Waals surface area contributed by atoms with Gasteiger partial charge in [0.1, 0.15) is 0 Å². The normalized spacial score (nSPS) is 20.0. The van der Waals surface area contributed by atoms with Gasteiger partial charge in [0.25, 0.3) is 0 Å². The minimum absolute atomic E-state index is 0.323. The average Bonchev–Trinajstić information content (AvgIpc) is 3.30. The average molecular weight is 559 g/mol. The Morgan fingerprint density at radius 1 is 0.286 bits per heavy atom. The highest BCUT2D eigenvalue weighted by Gasteiger charge is 2.19. The molecule has 0 nitrogen and oxygen atoms in total. The van der Waals surface area contributed by atoms with E-state index in [1.165, 1.54) is 0 Å². The molecule has 0 atom stereocenters. The summed E-state index contributed by atoms with van der Waals surface area (Å²) < 4.78 is 230. The summed E-state index contributed by atoms with van der Waals surface area (Å²) in [6.45, 7) is 0. The van der Waals surface area contributed by atoms with Crippen LogP contribution < -0.4 is 0 Å². The zero-order valence-electron chi connectivity index (χ0n) is 47.2. The summed E-state index contributed by atoms with van der Waals surface area (Å²) in [5.41, 5.74) is -5.58. The fourth-order valence-electron chi connectivity index (χ4n) is 4.89. The van der Waals surface area contributed by atoms with Crippen LogP contribution in [0, 0.1) is 0 Å². The molecular formula is C42H28. The van der Waals surface area contributed by atoms with Gasteiger partial charge in [0.15, 0.2) is 0 Å². The third-order valence-corrected chi connectivity index (χ3v) is 6.65. The molecule has 0 heteroatoms. The lowest BCUT2D eigenvalue weighted by Crippen LogP contribution is -1.93. The predicted octanol–water partition coefficient (Wildman–Crippen LogP) is 11.8. The molecule has 0 aromatic heterocycles. The van der Waals surface area contributed by atoms with Crippen LogP contribution in [0.3, 0.4) is 0 Å². The number of rotatable bonds is 4. The van der Waals surface area contributed by atoms with E-state index >= 15 is 0 Å². The van der Waals surface area contributed by atoms with Gasteiger partial charge in [0.2, 0.25) is 0 Å². The second kappa shape index (κ2) is 10.2. The van der Waals surface area contributed by atoms with E-state index in [1.54, 1.807) is 0 Å². The lowest BCUT2D eigenvalue weighted by Gasteiger charge is -2.20. The smallest absolute Gasteiger partial charge is 0.0622 e. The number of hydrogen-bond donors (Lipinski definition) is 0. The van der Waals surface area contributed by atoms with E-state index in [0.717, 1.165) is 12.1 Å². The fraction of sp³-hybridized carbons (Fsp3) is 0. The van der Waals surface area contributed by atoms with Crippen LogP contribution in [-0.2, 0) is 0 Å². The van der Waals surface area contributed by atoms with Crippen LogP contribution in [-0.4, -0.2) is 0 Å². The molecule has 196 valence electrons. The summed E-state index contributed by atoms with van der Waals surface area (Å²) in [5.74, 6) is 0. The Hall–Kier alpha value is -5.46. The number of hydrogen-bond acceptors (Lipinski definition) is 0. The van der Waals surface area contributed by atoms with Crippen molar-refractivity contribution in [2.45, 2.75) is 0 Å². The minimum Gasteiger partial charge on any atom is -0.0622 e. The Kier molecular flexibility index (Phi) is 2.31. The second-order valence-electron chi connectivity index (χ2n) is 8.90. The molecule has 0 fully saturated rings. The molecule has 0 aliphatic carbocycles. The molecule has 0 saturated carbocycles. The first-order chi connectivity index (χ1) is 31.6. The van der Waals surface area contributed by atoms with E-state index in [-0.39, 0.29) is 5.39 Å². The maximum Gasteiger partial charge on any atom is 0.0629 e. The van der Waals surface area contributed by atoms with E-state index in [2.05, 4.69) is 0 Å². The molecule has 0 radical (unpaired) electrons. The monoisotopic (exact) mass is 558 g/mol. The fourth-order valence-corrected chi connectivity index (χ4v) is 4.89. The highest BCUT2D eigenvalue weighted by Crippen LogP contribution is 2.47. The van der Waals surface area contributed by atoms with E-state index in [9.17, 15) is 11.0 Å². The van der Waals surface area contributed by atoms with E-state index < -0.39 is 229 Å². The Morgan fingerprint density at radius 3 is 1.52 bits per heavy atom. The molecule has 0 spiro atoms. The lowest BCUT2D eigenvalue weighted by atomic mass is 9.83. The number of fused-ring (bicyclic) bond motifs is 3. The zero-order chi connectivity index (χ0) is 50.5. The molecular weight excluding hydrogens is 504 g/mol. The largest absolute Gasteiger partial charge is 0.0629 e. The van der Waals surface area contributed by atoms with Crippen molar-refractivity contribution in [3.05, 3.63) is 169 Å². The third-order valence-electron chi connectivity index (χ3n) is 6.65. The topological polar surface area (TPSA) is 0 Å². The molecule has 0 bridgehead atoms. The van der Waals surface area contributed by atoms with Crippen molar-refractivity contribution in [1.29, 1.82) is 0 Å². The van der Waals surface area contributed by atoms with Crippen molar-refractivity contribution in [2.75, 3.05) is 0 Å². The standard InChI is InChI=1S/C42H28/c1-2-13-29(14-3-1)30-25-27-32(28-26-30)34-18-6-7-19-35(34)41-37-20-8-10-22-39(37)42(40-23-11-9-21-38(40)41)36-24-12-16-31-15-4-5-17-33(31)36/h1-28H/i1D,2D,3D,4D,5D,6D,7D,8D,9D,10D,11D,12D,13D,14D,15D,16D,18D,19D,20D,22D,23D,24D,25D,26D,27D,28D. The Labute approximate surface area is 282 Å². The van der Waals surface area contributed by atoms with Crippen molar-refractivity contribution < 1.29 is 35.6 Å². The maximum atomic E-state index is 9.43. The van der Waals surface area contributed by atoms with Gasteiger partial charge in [-0.05, 0) is 76.8 Å². The summed E-state index contributed by atoms with van der Waals surface area (Å²) in [4.78, 5) is 0. The minimum atomic E-state index is -1.06. The van der Waals surface area contributed by atoms with Crippen molar-refractivity contribution in [3.63, 3.8) is 0 Å². The van der Waals surface area contributed by atoms with Gasteiger partial charge in [-0.3, -0.25) is 0 Å². The van der Waals surface area contributed by atoms with Gasteiger partial charge in [-0.25, -0.2) is 0 Å². The summed E-state index contributed by atoms with van der Waals surface area (Å²) in [6, 6.07) is -21.1. The van der Waals surface area contributed by atoms with E-state index in [1.807, 2.05) is 0 Å². The second-order valence-corrected chi connectivity index (χ2v) is 8.90. The highest BCUT2D eigenvalue weighted by molar-refractivity contribution is 6.24. The Morgan fingerprint density at radius 2 is 0.762 bits per heavy atom. The van der Waals surface area contributed by atoms with Gasteiger partial charge in [-0.1, -0.05) is 169 Å². The number of benzene rings is 8. The SMILES string of the molecule is [2H]c1cc2c(-c3c4c([2H])c([2H])c([2H])cc4c(-c4c([2H])c([2H])c([2H])c([2H])c4-c4c([2H])c([2H])c(-c5c([2H])c([2H])c([2H])c([2H])c5[2H])c([2H])c4[2H])c4c([2H])c([2H])c([2H])c([2H])c34)c([2H])c([2H])c([2H])c2c([2H])c1[2H]. The van der Waals surface area contributed by atoms with Crippen LogP contribution in [0.4, 0.5) is 0 Å². The quantitative estimate of drug-likeness (QED) is 0.188. The third kappa shape index (κ3) is 4.00. The predicted molar refractivity (Wildman–Crippen MR) is 181 cm³/mol. The molecule has 0 amide bonds. The van der Waals surface area contributed by atoms with Crippen molar-refractivity contribution in [3.8, 4) is 44.5 Å². The molecule has 0 saturated heterocycles. The van der Waals surface area contributed by atoms with Gasteiger partial charge < -0.3 is 0 Å². The molecule has 8 aromatic rings. The molecule has 0 aliphatic heterocycles. The van der Waals surface area contributed by atoms with Crippen LogP contribution in [0.2, 0.25) is 0 Å². The molecule has 0 aliphatic rings. The van der Waals surface area contributed by atoms with Crippen molar-refractivity contribution in [2.24, 2.45) is 0 Å². The van der Waals surface area contributed by atoms with Gasteiger partial charge in [0, 0.05) is 0 Å². The Bertz CT molecular complexity index is 3620. The summed E-state index contributed by atoms with van der Waals surface area (Å²) in [5, 5.41) is -3.03. The van der Waals surface area contributed by atoms with Crippen LogP contribution in [0.15, 0.2) is 169 Å². The van der Waals surface area contributed by atoms with Gasteiger partial charge in [-0.15, -0.1) is 0 Å². The van der Waals surface area contributed by atoms with Gasteiger partial charge in [-0.2, -0.15) is 0 Å². The van der Waals surface area contributed by atoms with E-state index in [0.29, 0.717) is 0 Å².